The van der Waals surface area contributed by atoms with E-state index in [1.165, 1.54) is 0 Å². The van der Waals surface area contributed by atoms with Crippen molar-refractivity contribution in [2.24, 2.45) is 5.73 Å². The summed E-state index contributed by atoms with van der Waals surface area (Å²) in [4.78, 5) is 0. The number of hydrogen-bond acceptors (Lipinski definition) is 2. The van der Waals surface area contributed by atoms with Gasteiger partial charge in [-0.3, -0.25) is 0 Å². The Kier molecular flexibility index (Phi) is 3.83. The molecule has 0 aromatic rings. The standard InChI is InChI=1S/C6H15NO/c1-5(7)4-6(2)8-3/h5-6H,4,7H2,1-3H3/t5-,6+/m1/s1. The maximum Gasteiger partial charge on any atom is 0.0557 e. The topological polar surface area (TPSA) is 35.2 Å². The fraction of sp³-hybridized carbons (Fsp3) is 1.00. The number of rotatable bonds is 3. The Morgan fingerprint density at radius 2 is 2.00 bits per heavy atom. The molecule has 0 radical (unpaired) electrons. The molecule has 0 aromatic carbocycles. The molecule has 8 heavy (non-hydrogen) atoms. The first-order valence-electron chi connectivity index (χ1n) is 2.95. The largest absolute Gasteiger partial charge is 0.382 e. The summed E-state index contributed by atoms with van der Waals surface area (Å²) >= 11 is 0. The van der Waals surface area contributed by atoms with Crippen LogP contribution < -0.4 is 5.73 Å². The molecular weight excluding hydrogens is 102 g/mol. The summed E-state index contributed by atoms with van der Waals surface area (Å²) in [6.07, 6.45) is 1.24. The van der Waals surface area contributed by atoms with Crippen molar-refractivity contribution in [1.82, 2.24) is 0 Å². The Balaban J connectivity index is 3.10. The Labute approximate surface area is 51.0 Å². The molecule has 0 bridgehead atoms. The molecule has 0 fully saturated rings. The molecule has 0 aromatic heterocycles. The van der Waals surface area contributed by atoms with Gasteiger partial charge in [-0.05, 0) is 20.3 Å². The summed E-state index contributed by atoms with van der Waals surface area (Å²) in [5.41, 5.74) is 5.49. The van der Waals surface area contributed by atoms with Crippen LogP contribution in [0, 0.1) is 0 Å². The maximum absolute atomic E-state index is 5.49. The molecule has 2 N–H and O–H groups in total. The van der Waals surface area contributed by atoms with Gasteiger partial charge >= 0.3 is 0 Å². The van der Waals surface area contributed by atoms with E-state index >= 15 is 0 Å². The van der Waals surface area contributed by atoms with Gasteiger partial charge in [-0.25, -0.2) is 0 Å². The van der Waals surface area contributed by atoms with E-state index in [1.807, 2.05) is 13.8 Å². The molecule has 0 rings (SSSR count). The van der Waals surface area contributed by atoms with Gasteiger partial charge in [0.1, 0.15) is 0 Å². The van der Waals surface area contributed by atoms with E-state index in [9.17, 15) is 0 Å². The lowest BCUT2D eigenvalue weighted by Gasteiger charge is -2.10. The van der Waals surface area contributed by atoms with Crippen molar-refractivity contribution >= 4 is 0 Å². The number of ether oxygens (including phenoxy) is 1. The van der Waals surface area contributed by atoms with E-state index < -0.39 is 0 Å². The molecule has 0 saturated heterocycles. The second-order valence-electron chi connectivity index (χ2n) is 2.26. The number of methoxy groups -OCH3 is 1. The molecule has 2 nitrogen and oxygen atoms in total. The van der Waals surface area contributed by atoms with Gasteiger partial charge in [0.2, 0.25) is 0 Å². The molecule has 0 aliphatic rings. The van der Waals surface area contributed by atoms with Crippen LogP contribution in [0.1, 0.15) is 20.3 Å². The van der Waals surface area contributed by atoms with Gasteiger partial charge in [0.25, 0.3) is 0 Å². The van der Waals surface area contributed by atoms with Gasteiger partial charge in [-0.15, -0.1) is 0 Å². The van der Waals surface area contributed by atoms with E-state index in [0.29, 0.717) is 6.10 Å². The molecule has 0 aliphatic carbocycles. The Bertz CT molecular complexity index is 54.5. The minimum atomic E-state index is 0.255. The average molecular weight is 117 g/mol. The highest BCUT2D eigenvalue weighted by Crippen LogP contribution is 1.96. The third kappa shape index (κ3) is 4.09. The van der Waals surface area contributed by atoms with Gasteiger partial charge in [0.15, 0.2) is 0 Å². The van der Waals surface area contributed by atoms with Crippen LogP contribution in [0.4, 0.5) is 0 Å². The predicted molar refractivity (Wildman–Crippen MR) is 34.7 cm³/mol. The van der Waals surface area contributed by atoms with Crippen LogP contribution >= 0.6 is 0 Å². The smallest absolute Gasteiger partial charge is 0.0557 e. The van der Waals surface area contributed by atoms with Gasteiger partial charge < -0.3 is 10.5 Å². The maximum atomic E-state index is 5.49. The van der Waals surface area contributed by atoms with Crippen molar-refractivity contribution in [3.63, 3.8) is 0 Å². The highest BCUT2D eigenvalue weighted by molar-refractivity contribution is 4.57. The van der Waals surface area contributed by atoms with Gasteiger partial charge in [-0.2, -0.15) is 0 Å². The quantitative estimate of drug-likeness (QED) is 0.592. The van der Waals surface area contributed by atoms with Crippen LogP contribution in [0.25, 0.3) is 0 Å². The summed E-state index contributed by atoms with van der Waals surface area (Å²) in [5.74, 6) is 0. The van der Waals surface area contributed by atoms with Crippen molar-refractivity contribution in [2.75, 3.05) is 7.11 Å². The van der Waals surface area contributed by atoms with Crippen molar-refractivity contribution in [1.29, 1.82) is 0 Å². The fourth-order valence-corrected chi connectivity index (χ4v) is 0.620. The Morgan fingerprint density at radius 1 is 1.50 bits per heavy atom. The SMILES string of the molecule is CO[C@@H](C)C[C@@H](C)N. The minimum absolute atomic E-state index is 0.255. The summed E-state index contributed by atoms with van der Waals surface area (Å²) in [6, 6.07) is 0.255. The first-order chi connectivity index (χ1) is 3.66. The van der Waals surface area contributed by atoms with Crippen LogP contribution in [0.5, 0.6) is 0 Å². The van der Waals surface area contributed by atoms with Crippen molar-refractivity contribution < 1.29 is 4.74 Å². The molecule has 50 valence electrons. The normalized spacial score (nSPS) is 18.0. The third-order valence-corrected chi connectivity index (χ3v) is 1.11. The summed E-state index contributed by atoms with van der Waals surface area (Å²) in [5, 5.41) is 0. The highest BCUT2D eigenvalue weighted by Gasteiger charge is 2.00. The molecule has 0 saturated carbocycles. The summed E-state index contributed by atoms with van der Waals surface area (Å²) < 4.78 is 4.98. The summed E-state index contributed by atoms with van der Waals surface area (Å²) in [6.45, 7) is 4.00. The average Bonchev–Trinajstić information content (AvgIpc) is 1.65. The zero-order chi connectivity index (χ0) is 6.57. The predicted octanol–water partition coefficient (Wildman–Crippen LogP) is 0.759. The first kappa shape index (κ1) is 7.92. The van der Waals surface area contributed by atoms with Crippen LogP contribution in [0.3, 0.4) is 0 Å². The molecular formula is C6H15NO. The molecule has 2 atom stereocenters. The molecule has 2 heteroatoms. The number of nitrogens with two attached hydrogens (primary N) is 1. The van der Waals surface area contributed by atoms with Crippen molar-refractivity contribution in [2.45, 2.75) is 32.4 Å². The van der Waals surface area contributed by atoms with E-state index in [1.54, 1.807) is 7.11 Å². The molecule has 0 unspecified atom stereocenters. The number of hydrogen-bond donors (Lipinski definition) is 1. The Morgan fingerprint density at radius 3 is 2.12 bits per heavy atom. The van der Waals surface area contributed by atoms with Gasteiger partial charge in [-0.1, -0.05) is 0 Å². The van der Waals surface area contributed by atoms with Crippen LogP contribution in [0.2, 0.25) is 0 Å². The summed E-state index contributed by atoms with van der Waals surface area (Å²) in [7, 11) is 1.70. The second kappa shape index (κ2) is 3.87. The second-order valence-corrected chi connectivity index (χ2v) is 2.26. The zero-order valence-corrected chi connectivity index (χ0v) is 5.85. The van der Waals surface area contributed by atoms with Gasteiger partial charge in [0.05, 0.1) is 6.10 Å². The first-order valence-corrected chi connectivity index (χ1v) is 2.95. The molecule has 0 spiro atoms. The molecule has 0 amide bonds. The van der Waals surface area contributed by atoms with Crippen LogP contribution in [-0.2, 0) is 4.74 Å². The lowest BCUT2D eigenvalue weighted by atomic mass is 10.2. The molecule has 0 aliphatic heterocycles. The van der Waals surface area contributed by atoms with E-state index in [0.717, 1.165) is 6.42 Å². The molecule has 0 heterocycles. The van der Waals surface area contributed by atoms with Gasteiger partial charge in [0, 0.05) is 13.2 Å². The van der Waals surface area contributed by atoms with Crippen LogP contribution in [-0.4, -0.2) is 19.3 Å². The van der Waals surface area contributed by atoms with Crippen LogP contribution in [0.15, 0.2) is 0 Å². The third-order valence-electron chi connectivity index (χ3n) is 1.11. The fourth-order valence-electron chi connectivity index (χ4n) is 0.620. The van der Waals surface area contributed by atoms with Crippen molar-refractivity contribution in [3.8, 4) is 0 Å². The lowest BCUT2D eigenvalue weighted by molar-refractivity contribution is 0.106. The highest BCUT2D eigenvalue weighted by atomic mass is 16.5. The van der Waals surface area contributed by atoms with Crippen molar-refractivity contribution in [3.05, 3.63) is 0 Å². The zero-order valence-electron chi connectivity index (χ0n) is 5.85. The van der Waals surface area contributed by atoms with E-state index in [4.69, 9.17) is 10.5 Å². The van der Waals surface area contributed by atoms with E-state index in [2.05, 4.69) is 0 Å². The van der Waals surface area contributed by atoms with E-state index in [-0.39, 0.29) is 6.04 Å². The lowest BCUT2D eigenvalue weighted by Crippen LogP contribution is -2.21. The minimum Gasteiger partial charge on any atom is -0.382 e. The monoisotopic (exact) mass is 117 g/mol. The Hall–Kier alpha value is -0.0800.